The molecule has 24 heavy (non-hydrogen) atoms. The Morgan fingerprint density at radius 2 is 1.83 bits per heavy atom. The Balaban J connectivity index is 2.36. The van der Waals surface area contributed by atoms with E-state index in [-0.39, 0.29) is 18.4 Å². The van der Waals surface area contributed by atoms with Crippen molar-refractivity contribution in [1.82, 2.24) is 24.6 Å². The van der Waals surface area contributed by atoms with Crippen molar-refractivity contribution in [1.29, 1.82) is 0 Å². The topological polar surface area (TPSA) is 71.3 Å². The van der Waals surface area contributed by atoms with Gasteiger partial charge in [-0.15, -0.1) is 0 Å². The Bertz CT molecular complexity index is 777. The molecule has 0 spiro atoms. The van der Waals surface area contributed by atoms with Crippen LogP contribution in [0.2, 0.25) is 0 Å². The molecule has 0 fully saturated rings. The smallest absolute Gasteiger partial charge is 0.254 e. The maximum Gasteiger partial charge on any atom is 0.254 e. The third-order valence-corrected chi connectivity index (χ3v) is 4.16. The van der Waals surface area contributed by atoms with Crippen molar-refractivity contribution in [2.75, 3.05) is 26.7 Å². The second-order valence-electron chi connectivity index (χ2n) is 5.95. The summed E-state index contributed by atoms with van der Waals surface area (Å²) < 4.78 is 1.68. The molecule has 0 aliphatic carbocycles. The van der Waals surface area contributed by atoms with Gasteiger partial charge in [-0.05, 0) is 33.8 Å². The van der Waals surface area contributed by atoms with Crippen LogP contribution in [-0.2, 0) is 11.8 Å². The lowest BCUT2D eigenvalue weighted by Crippen LogP contribution is -2.41. The number of aryl methyl sites for hydroxylation is 3. The van der Waals surface area contributed by atoms with Gasteiger partial charge in [-0.1, -0.05) is 0 Å². The largest absolute Gasteiger partial charge is 0.342 e. The summed E-state index contributed by atoms with van der Waals surface area (Å²) in [4.78, 5) is 32.8. The first-order chi connectivity index (χ1) is 11.3. The summed E-state index contributed by atoms with van der Waals surface area (Å²) in [5.41, 5.74) is 2.72. The zero-order valence-electron chi connectivity index (χ0n) is 15.3. The Morgan fingerprint density at radius 1 is 1.21 bits per heavy atom. The van der Waals surface area contributed by atoms with Crippen molar-refractivity contribution in [2.45, 2.75) is 27.7 Å². The number of likely N-dealkylation sites (N-methyl/N-ethyl adjacent to an activating group) is 2. The van der Waals surface area contributed by atoms with Crippen LogP contribution >= 0.6 is 0 Å². The Labute approximate surface area is 142 Å². The molecule has 2 heterocycles. The highest BCUT2D eigenvalue weighted by Crippen LogP contribution is 2.22. The van der Waals surface area contributed by atoms with Crippen LogP contribution < -0.4 is 0 Å². The number of nitrogens with zero attached hydrogens (tertiary/aromatic N) is 5. The number of carbonyl (C=O) groups excluding carboxylic acids is 2. The van der Waals surface area contributed by atoms with E-state index in [0.717, 1.165) is 16.8 Å². The van der Waals surface area contributed by atoms with Gasteiger partial charge in [-0.2, -0.15) is 5.10 Å². The molecule has 0 bridgehead atoms. The lowest BCUT2D eigenvalue weighted by molar-refractivity contribution is -0.131. The van der Waals surface area contributed by atoms with Gasteiger partial charge in [0.2, 0.25) is 5.91 Å². The Morgan fingerprint density at radius 3 is 2.42 bits per heavy atom. The third-order valence-electron chi connectivity index (χ3n) is 4.16. The lowest BCUT2D eigenvalue weighted by atomic mass is 10.1. The zero-order chi connectivity index (χ0) is 18.0. The van der Waals surface area contributed by atoms with Crippen molar-refractivity contribution in [2.24, 2.45) is 7.05 Å². The minimum atomic E-state index is -0.192. The van der Waals surface area contributed by atoms with Gasteiger partial charge in [0.05, 0.1) is 23.2 Å². The van der Waals surface area contributed by atoms with E-state index in [1.165, 1.54) is 4.90 Å². The minimum absolute atomic E-state index is 0.0548. The SMILES string of the molecule is CCN(CC)C(=O)CN(C)C(=O)c1cc(C)nc2c1c(C)nn2C. The van der Waals surface area contributed by atoms with Gasteiger partial charge in [0.1, 0.15) is 0 Å². The monoisotopic (exact) mass is 331 g/mol. The second kappa shape index (κ2) is 6.98. The van der Waals surface area contributed by atoms with Crippen LogP contribution in [0.3, 0.4) is 0 Å². The second-order valence-corrected chi connectivity index (χ2v) is 5.95. The average Bonchev–Trinajstić information content (AvgIpc) is 2.81. The number of rotatable bonds is 5. The van der Waals surface area contributed by atoms with E-state index in [9.17, 15) is 9.59 Å². The number of pyridine rings is 1. The molecule has 2 aromatic rings. The molecule has 2 rings (SSSR count). The van der Waals surface area contributed by atoms with Crippen LogP contribution in [0.4, 0.5) is 0 Å². The van der Waals surface area contributed by atoms with E-state index in [1.54, 1.807) is 22.7 Å². The standard InChI is InChI=1S/C17H25N5O2/c1-7-22(8-2)14(23)10-20(5)17(24)13-9-11(3)18-16-15(13)12(4)19-21(16)6/h9H,7-8,10H2,1-6H3. The molecule has 0 saturated heterocycles. The van der Waals surface area contributed by atoms with Crippen molar-refractivity contribution in [3.63, 3.8) is 0 Å². The van der Waals surface area contributed by atoms with E-state index >= 15 is 0 Å². The Hall–Kier alpha value is -2.44. The normalized spacial score (nSPS) is 10.9. The number of hydrogen-bond donors (Lipinski definition) is 0. The molecular formula is C17H25N5O2. The van der Waals surface area contributed by atoms with E-state index in [4.69, 9.17) is 0 Å². The Kier molecular flexibility index (Phi) is 5.21. The molecule has 7 nitrogen and oxygen atoms in total. The first-order valence-electron chi connectivity index (χ1n) is 8.14. The highest BCUT2D eigenvalue weighted by molar-refractivity contribution is 6.07. The van der Waals surface area contributed by atoms with Crippen LogP contribution in [0.1, 0.15) is 35.6 Å². The van der Waals surface area contributed by atoms with Crippen molar-refractivity contribution in [3.8, 4) is 0 Å². The van der Waals surface area contributed by atoms with E-state index in [1.807, 2.05) is 34.7 Å². The van der Waals surface area contributed by atoms with Crippen LogP contribution in [0.25, 0.3) is 11.0 Å². The third kappa shape index (κ3) is 3.25. The molecule has 0 radical (unpaired) electrons. The van der Waals surface area contributed by atoms with Crippen molar-refractivity contribution < 1.29 is 9.59 Å². The van der Waals surface area contributed by atoms with Crippen molar-refractivity contribution in [3.05, 3.63) is 23.0 Å². The molecule has 2 amide bonds. The summed E-state index contributed by atoms with van der Waals surface area (Å²) in [5.74, 6) is -0.247. The molecule has 0 aliphatic rings. The van der Waals surface area contributed by atoms with E-state index < -0.39 is 0 Å². The first kappa shape index (κ1) is 17.9. The zero-order valence-corrected chi connectivity index (χ0v) is 15.3. The maximum absolute atomic E-state index is 12.9. The minimum Gasteiger partial charge on any atom is -0.342 e. The molecule has 0 aliphatic heterocycles. The average molecular weight is 331 g/mol. The maximum atomic E-state index is 12.9. The van der Waals surface area contributed by atoms with Gasteiger partial charge in [-0.25, -0.2) is 4.98 Å². The van der Waals surface area contributed by atoms with Crippen LogP contribution in [0, 0.1) is 13.8 Å². The number of fused-ring (bicyclic) bond motifs is 1. The van der Waals surface area contributed by atoms with E-state index in [0.29, 0.717) is 24.3 Å². The molecule has 0 atom stereocenters. The quantitative estimate of drug-likeness (QED) is 0.833. The first-order valence-corrected chi connectivity index (χ1v) is 8.14. The summed E-state index contributed by atoms with van der Waals surface area (Å²) in [6, 6.07) is 1.76. The summed E-state index contributed by atoms with van der Waals surface area (Å²) in [6.07, 6.45) is 0. The molecule has 7 heteroatoms. The van der Waals surface area contributed by atoms with Gasteiger partial charge >= 0.3 is 0 Å². The number of aromatic nitrogens is 3. The summed E-state index contributed by atoms with van der Waals surface area (Å²) >= 11 is 0. The van der Waals surface area contributed by atoms with Crippen LogP contribution in [-0.4, -0.2) is 63.1 Å². The summed E-state index contributed by atoms with van der Waals surface area (Å²) in [6.45, 7) is 8.89. The van der Waals surface area contributed by atoms with E-state index in [2.05, 4.69) is 10.1 Å². The van der Waals surface area contributed by atoms with Gasteiger partial charge in [0.15, 0.2) is 5.65 Å². The molecule has 0 saturated carbocycles. The number of amides is 2. The fraction of sp³-hybridized carbons (Fsp3) is 0.529. The highest BCUT2D eigenvalue weighted by atomic mass is 16.2. The van der Waals surface area contributed by atoms with Gasteiger partial charge in [0.25, 0.3) is 5.91 Å². The fourth-order valence-corrected chi connectivity index (χ4v) is 2.90. The van der Waals surface area contributed by atoms with Crippen LogP contribution in [0.5, 0.6) is 0 Å². The fourth-order valence-electron chi connectivity index (χ4n) is 2.90. The predicted octanol–water partition coefficient (Wildman–Crippen LogP) is 1.53. The molecule has 0 unspecified atom stereocenters. The number of carbonyl (C=O) groups is 2. The van der Waals surface area contributed by atoms with Crippen LogP contribution in [0.15, 0.2) is 6.07 Å². The molecule has 0 aromatic carbocycles. The number of hydrogen-bond acceptors (Lipinski definition) is 4. The highest BCUT2D eigenvalue weighted by Gasteiger charge is 2.22. The summed E-state index contributed by atoms with van der Waals surface area (Å²) in [5, 5.41) is 5.10. The molecule has 2 aromatic heterocycles. The summed E-state index contributed by atoms with van der Waals surface area (Å²) in [7, 11) is 3.46. The molecular weight excluding hydrogens is 306 g/mol. The van der Waals surface area contributed by atoms with Gasteiger partial charge in [0, 0.05) is 32.9 Å². The van der Waals surface area contributed by atoms with Crippen molar-refractivity contribution >= 4 is 22.8 Å². The predicted molar refractivity (Wildman–Crippen MR) is 92.9 cm³/mol. The molecule has 0 N–H and O–H groups in total. The lowest BCUT2D eigenvalue weighted by Gasteiger charge is -2.23. The molecule has 130 valence electrons. The van der Waals surface area contributed by atoms with Gasteiger partial charge in [-0.3, -0.25) is 14.3 Å². The van der Waals surface area contributed by atoms with Gasteiger partial charge < -0.3 is 9.80 Å².